The maximum absolute atomic E-state index is 13.6. The van der Waals surface area contributed by atoms with Crippen molar-refractivity contribution < 1.29 is 4.42 Å². The van der Waals surface area contributed by atoms with Crippen molar-refractivity contribution in [2.24, 2.45) is 0 Å². The molecule has 0 saturated heterocycles. The minimum atomic E-state index is 0.0328. The van der Waals surface area contributed by atoms with Crippen molar-refractivity contribution >= 4 is 59.9 Å². The van der Waals surface area contributed by atoms with Crippen LogP contribution in [0.3, 0.4) is 0 Å². The van der Waals surface area contributed by atoms with Crippen LogP contribution in [0.25, 0.3) is 71.0 Å². The van der Waals surface area contributed by atoms with Crippen LogP contribution in [0, 0.1) is 6.92 Å². The minimum Gasteiger partial charge on any atom is -0.456 e. The first kappa shape index (κ1) is 18.8. The van der Waals surface area contributed by atoms with E-state index in [9.17, 15) is 4.79 Å². The minimum absolute atomic E-state index is 0.0328. The van der Waals surface area contributed by atoms with Crippen molar-refractivity contribution in [2.45, 2.75) is 6.92 Å². The predicted octanol–water partition coefficient (Wildman–Crippen LogP) is 8.07. The summed E-state index contributed by atoms with van der Waals surface area (Å²) in [6.45, 7) is 2.09. The number of benzene rings is 5. The van der Waals surface area contributed by atoms with E-state index in [-0.39, 0.29) is 5.56 Å². The zero-order chi connectivity index (χ0) is 23.3. The second kappa shape index (κ2) is 6.49. The highest BCUT2D eigenvalue weighted by molar-refractivity contribution is 6.23. The lowest BCUT2D eigenvalue weighted by Crippen LogP contribution is -2.12. The van der Waals surface area contributed by atoms with E-state index in [0.29, 0.717) is 0 Å². The first-order valence-corrected chi connectivity index (χ1v) is 11.8. The summed E-state index contributed by atoms with van der Waals surface area (Å²) >= 11 is 0. The van der Waals surface area contributed by atoms with Gasteiger partial charge in [-0.15, -0.1) is 0 Å². The molecule has 0 saturated carbocycles. The van der Waals surface area contributed by atoms with E-state index < -0.39 is 0 Å². The number of rotatable bonds is 1. The fourth-order valence-electron chi connectivity index (χ4n) is 5.92. The first-order chi connectivity index (χ1) is 17.2. The van der Waals surface area contributed by atoms with E-state index in [1.165, 1.54) is 0 Å². The Morgan fingerprint density at radius 1 is 0.657 bits per heavy atom. The van der Waals surface area contributed by atoms with Crippen LogP contribution < -0.4 is 5.56 Å². The molecule has 3 nitrogen and oxygen atoms in total. The number of para-hydroxylation sites is 2. The van der Waals surface area contributed by atoms with Crippen LogP contribution in [0.5, 0.6) is 0 Å². The second-order valence-corrected chi connectivity index (χ2v) is 9.36. The van der Waals surface area contributed by atoms with Gasteiger partial charge in [-0.2, -0.15) is 0 Å². The van der Waals surface area contributed by atoms with Crippen molar-refractivity contribution in [3.05, 3.63) is 113 Å². The maximum atomic E-state index is 13.6. The molecule has 0 N–H and O–H groups in total. The predicted molar refractivity (Wildman–Crippen MR) is 145 cm³/mol. The monoisotopic (exact) mass is 449 g/mol. The fraction of sp³-hybridized carbons (Fsp3) is 0.0312. The molecule has 3 aromatic heterocycles. The summed E-state index contributed by atoms with van der Waals surface area (Å²) in [6.07, 6.45) is 0. The Bertz CT molecular complexity index is 2200. The van der Waals surface area contributed by atoms with Gasteiger partial charge in [0.15, 0.2) is 0 Å². The fourth-order valence-corrected chi connectivity index (χ4v) is 5.92. The molecule has 0 radical (unpaired) electrons. The standard InChI is InChI=1S/C32H19NO2/c1-18-8-6-13-24-29-20(12-7-15-28(29)35-31(18)24)19-16-25-21-9-2-3-11-23(21)32(34)33-27-14-5-4-10-22(27)26(17-19)30(25)33/h2-17H,1H3. The van der Waals surface area contributed by atoms with Gasteiger partial charge in [-0.25, -0.2) is 0 Å². The largest absolute Gasteiger partial charge is 0.456 e. The number of pyridine rings is 1. The molecular formula is C32H19NO2. The van der Waals surface area contributed by atoms with Gasteiger partial charge in [-0.3, -0.25) is 9.20 Å². The molecule has 0 amide bonds. The molecule has 0 aliphatic carbocycles. The molecule has 0 bridgehead atoms. The van der Waals surface area contributed by atoms with Gasteiger partial charge in [0.05, 0.1) is 11.0 Å². The van der Waals surface area contributed by atoms with E-state index >= 15 is 0 Å². The topological polar surface area (TPSA) is 34.6 Å². The number of nitrogens with zero attached hydrogens (tertiary/aromatic N) is 1. The molecule has 0 fully saturated rings. The quantitative estimate of drug-likeness (QED) is 0.237. The summed E-state index contributed by atoms with van der Waals surface area (Å²) in [4.78, 5) is 13.6. The van der Waals surface area contributed by atoms with Crippen LogP contribution in [0.15, 0.2) is 106 Å². The van der Waals surface area contributed by atoms with Gasteiger partial charge in [-0.1, -0.05) is 66.7 Å². The van der Waals surface area contributed by atoms with E-state index in [1.54, 1.807) is 0 Å². The average Bonchev–Trinajstić information content (AvgIpc) is 3.45. The van der Waals surface area contributed by atoms with Crippen LogP contribution in [-0.2, 0) is 0 Å². The zero-order valence-electron chi connectivity index (χ0n) is 19.0. The van der Waals surface area contributed by atoms with Crippen molar-refractivity contribution in [1.29, 1.82) is 0 Å². The van der Waals surface area contributed by atoms with Gasteiger partial charge < -0.3 is 4.42 Å². The van der Waals surface area contributed by atoms with Crippen LogP contribution in [0.1, 0.15) is 5.56 Å². The number of furan rings is 1. The highest BCUT2D eigenvalue weighted by Gasteiger charge is 2.20. The number of aryl methyl sites for hydroxylation is 1. The molecule has 0 unspecified atom stereocenters. The lowest BCUT2D eigenvalue weighted by molar-refractivity contribution is 0.666. The number of hydrogen-bond acceptors (Lipinski definition) is 2. The third kappa shape index (κ3) is 2.32. The Kier molecular flexibility index (Phi) is 3.48. The van der Waals surface area contributed by atoms with Crippen molar-refractivity contribution in [3.8, 4) is 11.1 Å². The van der Waals surface area contributed by atoms with Crippen molar-refractivity contribution in [1.82, 2.24) is 4.40 Å². The Morgan fingerprint density at radius 3 is 2.20 bits per heavy atom. The van der Waals surface area contributed by atoms with E-state index in [0.717, 1.165) is 76.6 Å². The molecule has 3 heteroatoms. The maximum Gasteiger partial charge on any atom is 0.263 e. The van der Waals surface area contributed by atoms with Crippen LogP contribution in [0.4, 0.5) is 0 Å². The lowest BCUT2D eigenvalue weighted by atomic mass is 9.94. The van der Waals surface area contributed by atoms with Gasteiger partial charge in [0.25, 0.3) is 5.56 Å². The molecule has 0 aliphatic heterocycles. The summed E-state index contributed by atoms with van der Waals surface area (Å²) < 4.78 is 8.19. The molecule has 8 rings (SSSR count). The SMILES string of the molecule is Cc1cccc2c1oc1cccc(-c3cc4c5ccccc5c(=O)n5c6ccccc6c(c3)c45)c12. The Hall–Kier alpha value is -4.63. The number of fused-ring (bicyclic) bond motifs is 8. The van der Waals surface area contributed by atoms with Crippen LogP contribution in [0.2, 0.25) is 0 Å². The van der Waals surface area contributed by atoms with Crippen molar-refractivity contribution in [2.75, 3.05) is 0 Å². The van der Waals surface area contributed by atoms with E-state index in [4.69, 9.17) is 4.42 Å². The second-order valence-electron chi connectivity index (χ2n) is 9.36. The summed E-state index contributed by atoms with van der Waals surface area (Å²) in [7, 11) is 0. The third-order valence-corrected chi connectivity index (χ3v) is 7.45. The number of hydrogen-bond donors (Lipinski definition) is 0. The number of aromatic nitrogens is 1. The molecule has 0 atom stereocenters. The van der Waals surface area contributed by atoms with Gasteiger partial charge in [0, 0.05) is 32.3 Å². The molecule has 0 spiro atoms. The van der Waals surface area contributed by atoms with E-state index in [1.807, 2.05) is 46.9 Å². The van der Waals surface area contributed by atoms with Gasteiger partial charge in [0.1, 0.15) is 11.2 Å². The van der Waals surface area contributed by atoms with Crippen LogP contribution in [-0.4, -0.2) is 4.40 Å². The molecule has 5 aromatic carbocycles. The first-order valence-electron chi connectivity index (χ1n) is 11.8. The Labute approximate surface area is 199 Å². The summed E-state index contributed by atoms with van der Waals surface area (Å²) in [5.41, 5.74) is 7.17. The molecule has 35 heavy (non-hydrogen) atoms. The average molecular weight is 450 g/mol. The zero-order valence-corrected chi connectivity index (χ0v) is 19.0. The van der Waals surface area contributed by atoms with Crippen LogP contribution >= 0.6 is 0 Å². The molecule has 8 aromatic rings. The molecule has 164 valence electrons. The highest BCUT2D eigenvalue weighted by Crippen LogP contribution is 2.42. The molecular weight excluding hydrogens is 430 g/mol. The Balaban J connectivity index is 1.62. The lowest BCUT2D eigenvalue weighted by Gasteiger charge is -2.10. The van der Waals surface area contributed by atoms with Crippen molar-refractivity contribution in [3.63, 3.8) is 0 Å². The van der Waals surface area contributed by atoms with Gasteiger partial charge >= 0.3 is 0 Å². The third-order valence-electron chi connectivity index (χ3n) is 7.45. The van der Waals surface area contributed by atoms with E-state index in [2.05, 4.69) is 61.5 Å². The normalized spacial score (nSPS) is 12.3. The summed E-state index contributed by atoms with van der Waals surface area (Å²) in [5, 5.41) is 7.25. The highest BCUT2D eigenvalue weighted by atomic mass is 16.3. The smallest absolute Gasteiger partial charge is 0.263 e. The molecule has 0 aliphatic rings. The van der Waals surface area contributed by atoms with Gasteiger partial charge in [0.2, 0.25) is 0 Å². The summed E-state index contributed by atoms with van der Waals surface area (Å²) in [6, 6.07) is 33.2. The molecule has 3 heterocycles. The Morgan fingerprint density at radius 2 is 1.34 bits per heavy atom. The summed E-state index contributed by atoms with van der Waals surface area (Å²) in [5.74, 6) is 0. The van der Waals surface area contributed by atoms with Gasteiger partial charge in [-0.05, 0) is 59.3 Å².